The van der Waals surface area contributed by atoms with Crippen molar-refractivity contribution >= 4 is 47.1 Å². The lowest BCUT2D eigenvalue weighted by Gasteiger charge is -2.04. The summed E-state index contributed by atoms with van der Waals surface area (Å²) in [6.45, 7) is 0. The molecule has 3 aromatic rings. The van der Waals surface area contributed by atoms with Gasteiger partial charge in [0.1, 0.15) is 0 Å². The van der Waals surface area contributed by atoms with Crippen LogP contribution in [0.15, 0.2) is 58.8 Å². The first-order valence-corrected chi connectivity index (χ1v) is 9.62. The van der Waals surface area contributed by atoms with Crippen molar-refractivity contribution in [3.63, 3.8) is 0 Å². The van der Waals surface area contributed by atoms with Crippen LogP contribution in [0, 0.1) is 0 Å². The molecular weight excluding hydrogens is 405 g/mol. The fourth-order valence-corrected chi connectivity index (χ4v) is 3.14. The number of nitrogens with one attached hydrogen (secondary N) is 1. The zero-order valence-corrected chi connectivity index (χ0v) is 16.6. The second-order valence-corrected chi connectivity index (χ2v) is 7.32. The van der Waals surface area contributed by atoms with Crippen LogP contribution >= 0.6 is 35.0 Å². The lowest BCUT2D eigenvalue weighted by Crippen LogP contribution is -2.19. The van der Waals surface area contributed by atoms with E-state index in [9.17, 15) is 4.79 Å². The van der Waals surface area contributed by atoms with Gasteiger partial charge in [0.15, 0.2) is 11.0 Å². The van der Waals surface area contributed by atoms with Crippen LogP contribution in [0.25, 0.3) is 11.4 Å². The number of carbonyl (C=O) groups excluding carboxylic acids is 1. The van der Waals surface area contributed by atoms with Gasteiger partial charge in [-0.2, -0.15) is 5.10 Å². The van der Waals surface area contributed by atoms with Gasteiger partial charge < -0.3 is 4.57 Å². The number of amides is 1. The number of carbonyl (C=O) groups is 1. The third-order valence-corrected chi connectivity index (χ3v) is 5.07. The van der Waals surface area contributed by atoms with E-state index >= 15 is 0 Å². The SMILES string of the molecule is Cn1c(SCC(=O)NN=Cc2ccc(Cl)cc2)nnc1-c1ccc(Cl)cc1. The van der Waals surface area contributed by atoms with Crippen molar-refractivity contribution in [1.29, 1.82) is 0 Å². The number of rotatable bonds is 6. The zero-order valence-electron chi connectivity index (χ0n) is 14.3. The van der Waals surface area contributed by atoms with E-state index in [1.54, 1.807) is 30.5 Å². The number of halogens is 2. The molecule has 138 valence electrons. The Kier molecular flexibility index (Phi) is 6.49. The van der Waals surface area contributed by atoms with Gasteiger partial charge in [0, 0.05) is 22.7 Å². The Morgan fingerprint density at radius 1 is 1.11 bits per heavy atom. The minimum Gasteiger partial charge on any atom is -0.305 e. The first-order valence-electron chi connectivity index (χ1n) is 7.88. The highest BCUT2D eigenvalue weighted by atomic mass is 35.5. The molecule has 0 fully saturated rings. The van der Waals surface area contributed by atoms with Crippen LogP contribution in [0.2, 0.25) is 10.0 Å². The first-order chi connectivity index (χ1) is 13.0. The van der Waals surface area contributed by atoms with Crippen molar-refractivity contribution < 1.29 is 4.79 Å². The van der Waals surface area contributed by atoms with Gasteiger partial charge in [-0.05, 0) is 42.0 Å². The molecule has 0 saturated heterocycles. The molecule has 3 rings (SSSR count). The lowest BCUT2D eigenvalue weighted by molar-refractivity contribution is -0.118. The summed E-state index contributed by atoms with van der Waals surface area (Å²) in [5.74, 6) is 0.640. The largest absolute Gasteiger partial charge is 0.305 e. The van der Waals surface area contributed by atoms with Crippen molar-refractivity contribution in [3.8, 4) is 11.4 Å². The molecule has 2 aromatic carbocycles. The summed E-state index contributed by atoms with van der Waals surface area (Å²) in [4.78, 5) is 11.9. The Bertz CT molecular complexity index is 955. The van der Waals surface area contributed by atoms with Crippen LogP contribution in [0.1, 0.15) is 5.56 Å². The van der Waals surface area contributed by atoms with Gasteiger partial charge >= 0.3 is 0 Å². The van der Waals surface area contributed by atoms with Gasteiger partial charge in [0.05, 0.1) is 12.0 Å². The number of benzene rings is 2. The molecular formula is C18H15Cl2N5OS. The van der Waals surface area contributed by atoms with E-state index in [1.165, 1.54) is 11.8 Å². The van der Waals surface area contributed by atoms with Crippen LogP contribution in [-0.2, 0) is 11.8 Å². The smallest absolute Gasteiger partial charge is 0.250 e. The van der Waals surface area contributed by atoms with Gasteiger partial charge in [0.25, 0.3) is 5.91 Å². The van der Waals surface area contributed by atoms with E-state index in [4.69, 9.17) is 23.2 Å². The minimum atomic E-state index is -0.235. The van der Waals surface area contributed by atoms with Crippen LogP contribution < -0.4 is 5.43 Å². The molecule has 9 heteroatoms. The van der Waals surface area contributed by atoms with E-state index in [1.807, 2.05) is 35.9 Å². The van der Waals surface area contributed by atoms with Gasteiger partial charge in [-0.15, -0.1) is 10.2 Å². The molecule has 0 radical (unpaired) electrons. The fourth-order valence-electron chi connectivity index (χ4n) is 2.18. The zero-order chi connectivity index (χ0) is 19.2. The summed E-state index contributed by atoms with van der Waals surface area (Å²) in [5, 5.41) is 14.2. The molecule has 0 saturated carbocycles. The van der Waals surface area contributed by atoms with Gasteiger partial charge in [-0.1, -0.05) is 47.1 Å². The normalized spacial score (nSPS) is 11.1. The van der Waals surface area contributed by atoms with E-state index in [2.05, 4.69) is 20.7 Å². The first kappa shape index (κ1) is 19.4. The highest BCUT2D eigenvalue weighted by Gasteiger charge is 2.12. The van der Waals surface area contributed by atoms with Crippen LogP contribution in [0.3, 0.4) is 0 Å². The van der Waals surface area contributed by atoms with Crippen molar-refractivity contribution in [1.82, 2.24) is 20.2 Å². The molecule has 0 aliphatic heterocycles. The number of thioether (sulfide) groups is 1. The Balaban J connectivity index is 1.54. The molecule has 0 spiro atoms. The standard InChI is InChI=1S/C18H15Cl2N5OS/c1-25-17(13-4-8-15(20)9-5-13)23-24-18(25)27-11-16(26)22-21-10-12-2-6-14(19)7-3-12/h2-10H,11H2,1H3,(H,22,26). The number of hydrazone groups is 1. The molecule has 6 nitrogen and oxygen atoms in total. The summed E-state index contributed by atoms with van der Waals surface area (Å²) in [6.07, 6.45) is 1.56. The molecule has 0 bridgehead atoms. The summed E-state index contributed by atoms with van der Waals surface area (Å²) >= 11 is 13.0. The number of aromatic nitrogens is 3. The monoisotopic (exact) mass is 419 g/mol. The molecule has 0 aliphatic rings. The quantitative estimate of drug-likeness (QED) is 0.371. The molecule has 27 heavy (non-hydrogen) atoms. The summed E-state index contributed by atoms with van der Waals surface area (Å²) in [7, 11) is 1.85. The molecule has 1 heterocycles. The predicted octanol–water partition coefficient (Wildman–Crippen LogP) is 4.03. The van der Waals surface area contributed by atoms with Gasteiger partial charge in [-0.3, -0.25) is 4.79 Å². The van der Waals surface area contributed by atoms with Crippen molar-refractivity contribution in [2.45, 2.75) is 5.16 Å². The number of nitrogens with zero attached hydrogens (tertiary/aromatic N) is 4. The minimum absolute atomic E-state index is 0.171. The highest BCUT2D eigenvalue weighted by molar-refractivity contribution is 7.99. The van der Waals surface area contributed by atoms with E-state index in [0.717, 1.165) is 11.1 Å². The van der Waals surface area contributed by atoms with Gasteiger partial charge in [0.2, 0.25) is 0 Å². The molecule has 0 atom stereocenters. The molecule has 0 unspecified atom stereocenters. The van der Waals surface area contributed by atoms with Crippen molar-refractivity contribution in [2.75, 3.05) is 5.75 Å². The maximum absolute atomic E-state index is 11.9. The lowest BCUT2D eigenvalue weighted by atomic mass is 10.2. The van der Waals surface area contributed by atoms with Crippen LogP contribution in [0.5, 0.6) is 0 Å². The predicted molar refractivity (Wildman–Crippen MR) is 109 cm³/mol. The Morgan fingerprint density at radius 3 is 2.41 bits per heavy atom. The fraction of sp³-hybridized carbons (Fsp3) is 0.111. The Morgan fingerprint density at radius 2 is 1.74 bits per heavy atom. The second kappa shape index (κ2) is 9.03. The van der Waals surface area contributed by atoms with Crippen LogP contribution in [-0.4, -0.2) is 32.6 Å². The Labute approximate surface area is 170 Å². The van der Waals surface area contributed by atoms with E-state index < -0.39 is 0 Å². The van der Waals surface area contributed by atoms with E-state index in [-0.39, 0.29) is 11.7 Å². The third-order valence-electron chi connectivity index (χ3n) is 3.54. The summed E-state index contributed by atoms with van der Waals surface area (Å²) in [6, 6.07) is 14.5. The Hall–Kier alpha value is -2.35. The number of hydrogen-bond acceptors (Lipinski definition) is 5. The highest BCUT2D eigenvalue weighted by Crippen LogP contribution is 2.23. The topological polar surface area (TPSA) is 72.2 Å². The van der Waals surface area contributed by atoms with Crippen LogP contribution in [0.4, 0.5) is 0 Å². The maximum atomic E-state index is 11.9. The maximum Gasteiger partial charge on any atom is 0.250 e. The molecule has 1 amide bonds. The van der Waals surface area contributed by atoms with Gasteiger partial charge in [-0.25, -0.2) is 5.43 Å². The van der Waals surface area contributed by atoms with Crippen molar-refractivity contribution in [2.24, 2.45) is 12.1 Å². The summed E-state index contributed by atoms with van der Waals surface area (Å²) in [5.41, 5.74) is 4.23. The number of hydrogen-bond donors (Lipinski definition) is 1. The second-order valence-electron chi connectivity index (χ2n) is 5.51. The average molecular weight is 420 g/mol. The molecule has 0 aliphatic carbocycles. The van der Waals surface area contributed by atoms with Crippen molar-refractivity contribution in [3.05, 3.63) is 64.1 Å². The summed E-state index contributed by atoms with van der Waals surface area (Å²) < 4.78 is 1.83. The average Bonchev–Trinajstić information content (AvgIpc) is 3.03. The third kappa shape index (κ3) is 5.32. The molecule has 1 N–H and O–H groups in total. The van der Waals surface area contributed by atoms with E-state index in [0.29, 0.717) is 21.0 Å². The molecule has 1 aromatic heterocycles.